The number of hydrogen-bond donors (Lipinski definition) is 1. The second-order valence-electron chi connectivity index (χ2n) is 6.09. The molecule has 1 unspecified atom stereocenters. The fourth-order valence-electron chi connectivity index (χ4n) is 3.50. The van der Waals surface area contributed by atoms with Crippen molar-refractivity contribution < 1.29 is 4.74 Å². The van der Waals surface area contributed by atoms with Gasteiger partial charge in [-0.25, -0.2) is 0 Å². The maximum atomic E-state index is 6.56. The number of rotatable bonds is 5. The first-order chi connectivity index (χ1) is 9.61. The van der Waals surface area contributed by atoms with Gasteiger partial charge < -0.3 is 10.5 Å². The summed E-state index contributed by atoms with van der Waals surface area (Å²) < 4.78 is 7.98. The van der Waals surface area contributed by atoms with Crippen molar-refractivity contribution in [1.82, 2.24) is 9.78 Å². The predicted molar refractivity (Wildman–Crippen MR) is 81.8 cm³/mol. The van der Waals surface area contributed by atoms with Crippen LogP contribution in [-0.2, 0) is 17.7 Å². The van der Waals surface area contributed by atoms with Crippen LogP contribution in [0.15, 0.2) is 6.07 Å². The molecular formula is C16H29N3O. The van der Waals surface area contributed by atoms with Crippen molar-refractivity contribution in [2.75, 3.05) is 7.11 Å². The molecule has 0 bridgehead atoms. The van der Waals surface area contributed by atoms with Crippen LogP contribution < -0.4 is 5.73 Å². The van der Waals surface area contributed by atoms with Crippen LogP contribution in [0.5, 0.6) is 0 Å². The van der Waals surface area contributed by atoms with Crippen molar-refractivity contribution in [3.63, 3.8) is 0 Å². The van der Waals surface area contributed by atoms with Gasteiger partial charge in [-0.2, -0.15) is 5.10 Å². The molecule has 1 saturated carbocycles. The van der Waals surface area contributed by atoms with Gasteiger partial charge in [0.05, 0.1) is 11.3 Å². The van der Waals surface area contributed by atoms with Gasteiger partial charge in [0.2, 0.25) is 0 Å². The third kappa shape index (κ3) is 3.23. The van der Waals surface area contributed by atoms with Crippen LogP contribution in [0, 0.1) is 6.92 Å². The quantitative estimate of drug-likeness (QED) is 0.843. The van der Waals surface area contributed by atoms with E-state index < -0.39 is 0 Å². The van der Waals surface area contributed by atoms with Crippen molar-refractivity contribution >= 4 is 0 Å². The molecule has 1 heterocycles. The molecular weight excluding hydrogens is 250 g/mol. The van der Waals surface area contributed by atoms with E-state index in [0.717, 1.165) is 31.5 Å². The van der Waals surface area contributed by atoms with E-state index in [0.29, 0.717) is 0 Å². The van der Waals surface area contributed by atoms with Crippen LogP contribution in [0.25, 0.3) is 0 Å². The maximum Gasteiger partial charge on any atom is 0.0832 e. The summed E-state index contributed by atoms with van der Waals surface area (Å²) in [6, 6.07) is 2.20. The molecule has 0 radical (unpaired) electrons. The molecule has 1 aliphatic carbocycles. The first-order valence-electron chi connectivity index (χ1n) is 7.95. The minimum atomic E-state index is -0.146. The van der Waals surface area contributed by atoms with E-state index in [1.807, 2.05) is 14.0 Å². The molecule has 114 valence electrons. The Labute approximate surface area is 122 Å². The summed E-state index contributed by atoms with van der Waals surface area (Å²) in [4.78, 5) is 0. The average Bonchev–Trinajstić information content (AvgIpc) is 2.66. The van der Waals surface area contributed by atoms with Gasteiger partial charge in [-0.05, 0) is 32.8 Å². The molecule has 0 aromatic carbocycles. The Morgan fingerprint density at radius 2 is 2.00 bits per heavy atom. The lowest BCUT2D eigenvalue weighted by Gasteiger charge is -2.37. The minimum absolute atomic E-state index is 0.0481. The molecule has 0 spiro atoms. The SMILES string of the molecule is CCn1nc(C)cc1CC(N)C1(OC)CCCCCC1. The largest absolute Gasteiger partial charge is 0.377 e. The molecule has 20 heavy (non-hydrogen) atoms. The van der Waals surface area contributed by atoms with Crippen molar-refractivity contribution in [2.45, 2.75) is 77.0 Å². The fourth-order valence-corrected chi connectivity index (χ4v) is 3.50. The number of methoxy groups -OCH3 is 1. The zero-order chi connectivity index (χ0) is 14.6. The van der Waals surface area contributed by atoms with E-state index in [4.69, 9.17) is 10.5 Å². The summed E-state index contributed by atoms with van der Waals surface area (Å²) >= 11 is 0. The van der Waals surface area contributed by atoms with E-state index in [-0.39, 0.29) is 11.6 Å². The summed E-state index contributed by atoms with van der Waals surface area (Å²) in [5, 5.41) is 4.51. The summed E-state index contributed by atoms with van der Waals surface area (Å²) in [7, 11) is 1.83. The van der Waals surface area contributed by atoms with Crippen molar-refractivity contribution in [2.24, 2.45) is 5.73 Å². The lowest BCUT2D eigenvalue weighted by molar-refractivity contribution is -0.0434. The van der Waals surface area contributed by atoms with E-state index in [9.17, 15) is 0 Å². The van der Waals surface area contributed by atoms with E-state index in [2.05, 4.69) is 22.8 Å². The number of ether oxygens (including phenoxy) is 1. The molecule has 0 saturated heterocycles. The van der Waals surface area contributed by atoms with Crippen LogP contribution in [0.1, 0.15) is 56.8 Å². The molecule has 1 aromatic heterocycles. The Hall–Kier alpha value is -0.870. The third-order valence-electron chi connectivity index (χ3n) is 4.75. The second-order valence-corrected chi connectivity index (χ2v) is 6.09. The highest BCUT2D eigenvalue weighted by Gasteiger charge is 2.37. The molecule has 0 aliphatic heterocycles. The monoisotopic (exact) mass is 279 g/mol. The topological polar surface area (TPSA) is 53.1 Å². The molecule has 1 fully saturated rings. The summed E-state index contributed by atoms with van der Waals surface area (Å²) in [6.45, 7) is 5.06. The Morgan fingerprint density at radius 1 is 1.35 bits per heavy atom. The maximum absolute atomic E-state index is 6.56. The van der Waals surface area contributed by atoms with E-state index in [1.165, 1.54) is 31.4 Å². The molecule has 4 heteroatoms. The molecule has 1 aliphatic rings. The lowest BCUT2D eigenvalue weighted by Crippen LogP contribution is -2.50. The normalized spacial score (nSPS) is 20.6. The van der Waals surface area contributed by atoms with Gasteiger partial charge in [0.25, 0.3) is 0 Å². The van der Waals surface area contributed by atoms with Crippen molar-refractivity contribution in [3.05, 3.63) is 17.5 Å². The molecule has 4 nitrogen and oxygen atoms in total. The fraction of sp³-hybridized carbons (Fsp3) is 0.812. The van der Waals surface area contributed by atoms with Crippen LogP contribution in [0.4, 0.5) is 0 Å². The summed E-state index contributed by atoms with van der Waals surface area (Å²) in [5.41, 5.74) is 8.72. The Morgan fingerprint density at radius 3 is 2.55 bits per heavy atom. The van der Waals surface area contributed by atoms with Crippen molar-refractivity contribution in [1.29, 1.82) is 0 Å². The first kappa shape index (κ1) is 15.5. The zero-order valence-electron chi connectivity index (χ0n) is 13.2. The predicted octanol–water partition coefficient (Wildman–Crippen LogP) is 2.82. The highest BCUT2D eigenvalue weighted by atomic mass is 16.5. The van der Waals surface area contributed by atoms with Crippen LogP contribution >= 0.6 is 0 Å². The van der Waals surface area contributed by atoms with Gasteiger partial charge in [0.15, 0.2) is 0 Å². The number of aryl methyl sites for hydroxylation is 2. The zero-order valence-corrected chi connectivity index (χ0v) is 13.2. The minimum Gasteiger partial charge on any atom is -0.377 e. The van der Waals surface area contributed by atoms with Crippen LogP contribution in [0.3, 0.4) is 0 Å². The molecule has 0 amide bonds. The van der Waals surface area contributed by atoms with Crippen molar-refractivity contribution in [3.8, 4) is 0 Å². The van der Waals surface area contributed by atoms with Crippen LogP contribution in [0.2, 0.25) is 0 Å². The number of aromatic nitrogens is 2. The lowest BCUT2D eigenvalue weighted by atomic mass is 9.84. The standard InChI is InChI=1S/C16H29N3O/c1-4-19-14(11-13(2)18-19)12-15(17)16(20-3)9-7-5-6-8-10-16/h11,15H,4-10,12,17H2,1-3H3. The Kier molecular flexibility index (Phi) is 5.22. The van der Waals surface area contributed by atoms with E-state index in [1.54, 1.807) is 0 Å². The smallest absolute Gasteiger partial charge is 0.0832 e. The van der Waals surface area contributed by atoms with Gasteiger partial charge in [-0.3, -0.25) is 4.68 Å². The van der Waals surface area contributed by atoms with Gasteiger partial charge >= 0.3 is 0 Å². The van der Waals surface area contributed by atoms with Gasteiger partial charge in [-0.1, -0.05) is 25.7 Å². The van der Waals surface area contributed by atoms with Crippen LogP contribution in [-0.4, -0.2) is 28.5 Å². The molecule has 2 rings (SSSR count). The summed E-state index contributed by atoms with van der Waals surface area (Å²) in [6.07, 6.45) is 8.10. The highest BCUT2D eigenvalue weighted by molar-refractivity contribution is 5.12. The number of nitrogens with two attached hydrogens (primary N) is 1. The van der Waals surface area contributed by atoms with Gasteiger partial charge in [0, 0.05) is 31.8 Å². The number of hydrogen-bond acceptors (Lipinski definition) is 3. The molecule has 1 atom stereocenters. The molecule has 2 N–H and O–H groups in total. The van der Waals surface area contributed by atoms with E-state index >= 15 is 0 Å². The molecule has 1 aromatic rings. The highest BCUT2D eigenvalue weighted by Crippen LogP contribution is 2.33. The Balaban J connectivity index is 2.13. The summed E-state index contributed by atoms with van der Waals surface area (Å²) in [5.74, 6) is 0. The third-order valence-corrected chi connectivity index (χ3v) is 4.75. The number of nitrogens with zero attached hydrogens (tertiary/aromatic N) is 2. The second kappa shape index (κ2) is 6.72. The Bertz CT molecular complexity index is 419. The first-order valence-corrected chi connectivity index (χ1v) is 7.95. The average molecular weight is 279 g/mol. The van der Waals surface area contributed by atoms with Gasteiger partial charge in [-0.15, -0.1) is 0 Å². The van der Waals surface area contributed by atoms with Gasteiger partial charge in [0.1, 0.15) is 0 Å².